The average Bonchev–Trinajstić information content (AvgIpc) is 2.48. The normalized spacial score (nSPS) is 10.4. The fourth-order valence-electron chi connectivity index (χ4n) is 2.18. The van der Waals surface area contributed by atoms with Crippen molar-refractivity contribution >= 4 is 23.2 Å². The second-order valence-electron chi connectivity index (χ2n) is 4.98. The van der Waals surface area contributed by atoms with E-state index in [2.05, 4.69) is 0 Å². The van der Waals surface area contributed by atoms with E-state index in [-0.39, 0.29) is 5.91 Å². The van der Waals surface area contributed by atoms with Gasteiger partial charge in [-0.1, -0.05) is 35.9 Å². The highest BCUT2D eigenvalue weighted by Gasteiger charge is 2.16. The van der Waals surface area contributed by atoms with Crippen LogP contribution in [0.1, 0.15) is 28.4 Å². The quantitative estimate of drug-likeness (QED) is 0.871. The first-order valence-electron chi connectivity index (χ1n) is 6.91. The van der Waals surface area contributed by atoms with Crippen LogP contribution in [0.2, 0.25) is 5.02 Å². The lowest BCUT2D eigenvalue weighted by molar-refractivity contribution is 0.0752. The number of nitrogens with zero attached hydrogens (tertiary/aromatic N) is 1. The third kappa shape index (κ3) is 3.56. The van der Waals surface area contributed by atoms with E-state index in [0.29, 0.717) is 29.4 Å². The maximum Gasteiger partial charge on any atom is 0.254 e. The molecule has 0 bridgehead atoms. The average molecular weight is 303 g/mol. The van der Waals surface area contributed by atoms with Crippen molar-refractivity contribution in [3.8, 4) is 0 Å². The van der Waals surface area contributed by atoms with E-state index in [4.69, 9.17) is 17.3 Å². The van der Waals surface area contributed by atoms with Crippen LogP contribution in [0.5, 0.6) is 0 Å². The van der Waals surface area contributed by atoms with E-state index in [9.17, 15) is 4.79 Å². The van der Waals surface area contributed by atoms with E-state index in [0.717, 1.165) is 5.56 Å². The van der Waals surface area contributed by atoms with E-state index in [1.165, 1.54) is 5.56 Å². The molecule has 21 heavy (non-hydrogen) atoms. The van der Waals surface area contributed by atoms with Gasteiger partial charge < -0.3 is 10.6 Å². The summed E-state index contributed by atoms with van der Waals surface area (Å²) < 4.78 is 0. The second-order valence-corrected chi connectivity index (χ2v) is 5.39. The van der Waals surface area contributed by atoms with E-state index in [1.807, 2.05) is 38.1 Å². The van der Waals surface area contributed by atoms with E-state index in [1.54, 1.807) is 23.1 Å². The summed E-state index contributed by atoms with van der Waals surface area (Å²) in [4.78, 5) is 14.4. The fourth-order valence-corrected chi connectivity index (χ4v) is 2.30. The lowest BCUT2D eigenvalue weighted by Crippen LogP contribution is -2.30. The van der Waals surface area contributed by atoms with Gasteiger partial charge in [-0.15, -0.1) is 0 Å². The van der Waals surface area contributed by atoms with Crippen molar-refractivity contribution < 1.29 is 4.79 Å². The maximum absolute atomic E-state index is 12.6. The monoisotopic (exact) mass is 302 g/mol. The Kier molecular flexibility index (Phi) is 4.86. The predicted octanol–water partition coefficient (Wildman–Crippen LogP) is 3.89. The zero-order chi connectivity index (χ0) is 15.4. The Morgan fingerprint density at radius 1 is 1.24 bits per heavy atom. The molecule has 0 saturated heterocycles. The Balaban J connectivity index is 2.22. The first-order chi connectivity index (χ1) is 10.0. The third-order valence-electron chi connectivity index (χ3n) is 3.53. The molecule has 0 fully saturated rings. The number of halogens is 1. The highest BCUT2D eigenvalue weighted by molar-refractivity contribution is 6.33. The Morgan fingerprint density at radius 2 is 1.95 bits per heavy atom. The van der Waals surface area contributed by atoms with Crippen molar-refractivity contribution in [1.82, 2.24) is 4.90 Å². The summed E-state index contributed by atoms with van der Waals surface area (Å²) in [6.07, 6.45) is 0. The molecule has 0 atom stereocenters. The van der Waals surface area contributed by atoms with Crippen LogP contribution >= 0.6 is 11.6 Å². The summed E-state index contributed by atoms with van der Waals surface area (Å²) in [6, 6.07) is 13.1. The van der Waals surface area contributed by atoms with Gasteiger partial charge in [0.05, 0.1) is 10.7 Å². The van der Waals surface area contributed by atoms with Gasteiger partial charge >= 0.3 is 0 Å². The van der Waals surface area contributed by atoms with Crippen molar-refractivity contribution in [1.29, 1.82) is 0 Å². The number of hydrogen-bond acceptors (Lipinski definition) is 2. The van der Waals surface area contributed by atoms with E-state index < -0.39 is 0 Å². The second kappa shape index (κ2) is 6.64. The molecular weight excluding hydrogens is 284 g/mol. The molecule has 2 aromatic rings. The molecule has 3 nitrogen and oxygen atoms in total. The van der Waals surface area contributed by atoms with Crippen LogP contribution in [0.25, 0.3) is 0 Å². The van der Waals surface area contributed by atoms with Crippen molar-refractivity contribution in [3.05, 3.63) is 64.2 Å². The lowest BCUT2D eigenvalue weighted by atomic mass is 10.1. The lowest BCUT2D eigenvalue weighted by Gasteiger charge is -2.22. The minimum absolute atomic E-state index is 0.0379. The zero-order valence-corrected chi connectivity index (χ0v) is 13.0. The topological polar surface area (TPSA) is 46.3 Å². The van der Waals surface area contributed by atoms with Gasteiger partial charge in [-0.3, -0.25) is 4.79 Å². The number of carbonyl (C=O) groups is 1. The van der Waals surface area contributed by atoms with E-state index >= 15 is 0 Å². The standard InChI is InChI=1S/C17H19ClN2O/c1-3-20(11-14-7-5-4-6-12(14)2)17(21)13-8-9-15(18)16(19)10-13/h4-10H,3,11,19H2,1-2H3. The van der Waals surface area contributed by atoms with Crippen molar-refractivity contribution in [2.45, 2.75) is 20.4 Å². The molecule has 2 rings (SSSR count). The molecule has 0 aliphatic rings. The van der Waals surface area contributed by atoms with Crippen molar-refractivity contribution in [2.24, 2.45) is 0 Å². The fraction of sp³-hybridized carbons (Fsp3) is 0.235. The van der Waals surface area contributed by atoms with Gasteiger partial charge in [-0.05, 0) is 43.2 Å². The van der Waals surface area contributed by atoms with Gasteiger partial charge in [0.1, 0.15) is 0 Å². The molecule has 0 radical (unpaired) electrons. The molecule has 0 aliphatic heterocycles. The van der Waals surface area contributed by atoms with Gasteiger partial charge in [-0.2, -0.15) is 0 Å². The number of nitrogens with two attached hydrogens (primary N) is 1. The zero-order valence-electron chi connectivity index (χ0n) is 12.3. The number of carbonyl (C=O) groups excluding carboxylic acids is 1. The summed E-state index contributed by atoms with van der Waals surface area (Å²) in [5.41, 5.74) is 9.09. The van der Waals surface area contributed by atoms with Crippen molar-refractivity contribution in [3.63, 3.8) is 0 Å². The Hall–Kier alpha value is -2.00. The maximum atomic E-state index is 12.6. The van der Waals surface area contributed by atoms with Gasteiger partial charge in [0.15, 0.2) is 0 Å². The SMILES string of the molecule is CCN(Cc1ccccc1C)C(=O)c1ccc(Cl)c(N)c1. The molecule has 110 valence electrons. The first-order valence-corrected chi connectivity index (χ1v) is 7.29. The van der Waals surface area contributed by atoms with Gasteiger partial charge in [-0.25, -0.2) is 0 Å². The minimum atomic E-state index is -0.0379. The molecular formula is C17H19ClN2O. The molecule has 0 unspecified atom stereocenters. The highest BCUT2D eigenvalue weighted by Crippen LogP contribution is 2.21. The van der Waals surface area contributed by atoms with Gasteiger partial charge in [0.25, 0.3) is 5.91 Å². The molecule has 0 aliphatic carbocycles. The number of nitrogen functional groups attached to an aromatic ring is 1. The highest BCUT2D eigenvalue weighted by atomic mass is 35.5. The van der Waals surface area contributed by atoms with Gasteiger partial charge in [0, 0.05) is 18.7 Å². The van der Waals surface area contributed by atoms with Gasteiger partial charge in [0.2, 0.25) is 0 Å². The number of amides is 1. The molecule has 0 saturated carbocycles. The minimum Gasteiger partial charge on any atom is -0.398 e. The van der Waals surface area contributed by atoms with Crippen LogP contribution in [0.15, 0.2) is 42.5 Å². The van der Waals surface area contributed by atoms with Crippen LogP contribution in [-0.4, -0.2) is 17.4 Å². The number of aryl methyl sites for hydroxylation is 1. The van der Waals surface area contributed by atoms with Crippen LogP contribution in [0.3, 0.4) is 0 Å². The number of rotatable bonds is 4. The Morgan fingerprint density at radius 3 is 2.57 bits per heavy atom. The van der Waals surface area contributed by atoms with Crippen LogP contribution in [0.4, 0.5) is 5.69 Å². The largest absolute Gasteiger partial charge is 0.398 e. The molecule has 0 aromatic heterocycles. The molecule has 2 N–H and O–H groups in total. The molecule has 4 heteroatoms. The Labute approximate surface area is 130 Å². The van der Waals surface area contributed by atoms with Crippen LogP contribution in [0, 0.1) is 6.92 Å². The summed E-state index contributed by atoms with van der Waals surface area (Å²) in [7, 11) is 0. The summed E-state index contributed by atoms with van der Waals surface area (Å²) in [5, 5.41) is 0.466. The molecule has 0 spiro atoms. The molecule has 0 heterocycles. The summed E-state index contributed by atoms with van der Waals surface area (Å²) in [5.74, 6) is -0.0379. The van der Waals surface area contributed by atoms with Crippen molar-refractivity contribution in [2.75, 3.05) is 12.3 Å². The van der Waals surface area contributed by atoms with Crippen LogP contribution < -0.4 is 5.73 Å². The first kappa shape index (κ1) is 15.4. The Bertz CT molecular complexity index is 655. The number of benzene rings is 2. The molecule has 1 amide bonds. The van der Waals surface area contributed by atoms with Crippen LogP contribution in [-0.2, 0) is 6.54 Å². The number of anilines is 1. The number of hydrogen-bond donors (Lipinski definition) is 1. The summed E-state index contributed by atoms with van der Waals surface area (Å²) in [6.45, 7) is 5.24. The predicted molar refractivity (Wildman–Crippen MR) is 87.5 cm³/mol. The third-order valence-corrected chi connectivity index (χ3v) is 3.88. The smallest absolute Gasteiger partial charge is 0.254 e. The summed E-state index contributed by atoms with van der Waals surface area (Å²) >= 11 is 5.90. The molecule has 2 aromatic carbocycles.